The van der Waals surface area contributed by atoms with Crippen LogP contribution in [-0.2, 0) is 4.79 Å². The predicted molar refractivity (Wildman–Crippen MR) is 56.6 cm³/mol. The van der Waals surface area contributed by atoms with E-state index in [0.29, 0.717) is 6.54 Å². The molecule has 1 atom stereocenters. The number of rotatable bonds is 4. The summed E-state index contributed by atoms with van der Waals surface area (Å²) in [6.07, 6.45) is 1.62. The third-order valence-electron chi connectivity index (χ3n) is 1.86. The topological polar surface area (TPSA) is 55.1 Å². The predicted octanol–water partition coefficient (Wildman–Crippen LogP) is 0.989. The molecule has 0 aliphatic carbocycles. The summed E-state index contributed by atoms with van der Waals surface area (Å²) in [6, 6.07) is 8.66. The zero-order chi connectivity index (χ0) is 10.4. The number of amides is 1. The maximum Gasteiger partial charge on any atom is 0.241 e. The van der Waals surface area contributed by atoms with Crippen LogP contribution in [-0.4, -0.2) is 12.5 Å². The van der Waals surface area contributed by atoms with E-state index in [-0.39, 0.29) is 5.91 Å². The number of carbonyl (C=O) groups excluding carboxylic acids is 1. The van der Waals surface area contributed by atoms with Crippen molar-refractivity contribution in [3.8, 4) is 0 Å². The van der Waals surface area contributed by atoms with Gasteiger partial charge in [-0.1, -0.05) is 36.4 Å². The van der Waals surface area contributed by atoms with E-state index in [1.165, 1.54) is 0 Å². The molecule has 0 saturated heterocycles. The molecule has 0 heterocycles. The lowest BCUT2D eigenvalue weighted by atomic mass is 10.1. The minimum Gasteiger partial charge on any atom is -0.351 e. The lowest BCUT2D eigenvalue weighted by molar-refractivity contribution is -0.122. The smallest absolute Gasteiger partial charge is 0.241 e. The highest BCUT2D eigenvalue weighted by atomic mass is 16.2. The molecule has 0 unspecified atom stereocenters. The SMILES string of the molecule is C=CCNC(=O)[C@@H](N)c1ccccc1. The van der Waals surface area contributed by atoms with E-state index in [2.05, 4.69) is 11.9 Å². The fourth-order valence-corrected chi connectivity index (χ4v) is 1.09. The van der Waals surface area contributed by atoms with E-state index in [9.17, 15) is 4.79 Å². The van der Waals surface area contributed by atoms with Crippen LogP contribution in [0.5, 0.6) is 0 Å². The lowest BCUT2D eigenvalue weighted by Gasteiger charge is -2.10. The first kappa shape index (κ1) is 10.5. The minimum absolute atomic E-state index is 0.184. The molecule has 74 valence electrons. The van der Waals surface area contributed by atoms with Crippen molar-refractivity contribution in [3.05, 3.63) is 48.6 Å². The van der Waals surface area contributed by atoms with Crippen molar-refractivity contribution in [2.45, 2.75) is 6.04 Å². The maximum atomic E-state index is 11.4. The number of nitrogens with two attached hydrogens (primary N) is 1. The number of nitrogens with one attached hydrogen (secondary N) is 1. The Bertz CT molecular complexity index is 308. The number of hydrogen-bond acceptors (Lipinski definition) is 2. The first-order chi connectivity index (χ1) is 6.75. The first-order valence-corrected chi connectivity index (χ1v) is 4.45. The van der Waals surface area contributed by atoms with Crippen LogP contribution in [0, 0.1) is 0 Å². The highest BCUT2D eigenvalue weighted by Crippen LogP contribution is 2.08. The summed E-state index contributed by atoms with van der Waals surface area (Å²) >= 11 is 0. The van der Waals surface area contributed by atoms with Crippen LogP contribution in [0.15, 0.2) is 43.0 Å². The van der Waals surface area contributed by atoms with Crippen molar-refractivity contribution in [2.24, 2.45) is 5.73 Å². The van der Waals surface area contributed by atoms with Gasteiger partial charge >= 0.3 is 0 Å². The number of hydrogen-bond donors (Lipinski definition) is 2. The van der Waals surface area contributed by atoms with Gasteiger partial charge in [0.25, 0.3) is 0 Å². The summed E-state index contributed by atoms with van der Waals surface area (Å²) in [6.45, 7) is 3.95. The number of carbonyl (C=O) groups is 1. The number of benzene rings is 1. The molecule has 0 aliphatic rings. The van der Waals surface area contributed by atoms with E-state index < -0.39 is 6.04 Å². The second kappa shape index (κ2) is 5.19. The summed E-state index contributed by atoms with van der Waals surface area (Å²) in [5, 5.41) is 2.65. The van der Waals surface area contributed by atoms with Gasteiger partial charge in [0.1, 0.15) is 6.04 Å². The zero-order valence-corrected chi connectivity index (χ0v) is 7.94. The molecule has 0 aromatic heterocycles. The zero-order valence-electron chi connectivity index (χ0n) is 7.94. The Morgan fingerprint density at radius 3 is 2.71 bits per heavy atom. The molecule has 1 amide bonds. The van der Waals surface area contributed by atoms with Crippen LogP contribution in [0.3, 0.4) is 0 Å². The summed E-state index contributed by atoms with van der Waals surface area (Å²) in [5.74, 6) is -0.184. The van der Waals surface area contributed by atoms with Crippen molar-refractivity contribution >= 4 is 5.91 Å². The van der Waals surface area contributed by atoms with E-state index in [1.807, 2.05) is 30.3 Å². The van der Waals surface area contributed by atoms with Crippen LogP contribution >= 0.6 is 0 Å². The molecule has 1 aromatic rings. The van der Waals surface area contributed by atoms with Crippen molar-refractivity contribution < 1.29 is 4.79 Å². The molecule has 0 saturated carbocycles. The second-order valence-electron chi connectivity index (χ2n) is 2.92. The highest BCUT2D eigenvalue weighted by Gasteiger charge is 2.13. The van der Waals surface area contributed by atoms with E-state index in [4.69, 9.17) is 5.73 Å². The van der Waals surface area contributed by atoms with Gasteiger partial charge in [-0.2, -0.15) is 0 Å². The highest BCUT2D eigenvalue weighted by molar-refractivity contribution is 5.82. The lowest BCUT2D eigenvalue weighted by Crippen LogP contribution is -2.34. The summed E-state index contributed by atoms with van der Waals surface area (Å²) < 4.78 is 0. The Morgan fingerprint density at radius 1 is 1.50 bits per heavy atom. The molecule has 3 heteroatoms. The van der Waals surface area contributed by atoms with Gasteiger partial charge < -0.3 is 11.1 Å². The van der Waals surface area contributed by atoms with Gasteiger partial charge in [-0.05, 0) is 5.56 Å². The van der Waals surface area contributed by atoms with Crippen LogP contribution in [0.4, 0.5) is 0 Å². The summed E-state index contributed by atoms with van der Waals surface area (Å²) in [7, 11) is 0. The Hall–Kier alpha value is -1.61. The van der Waals surface area contributed by atoms with Gasteiger partial charge in [-0.15, -0.1) is 6.58 Å². The molecule has 0 fully saturated rings. The van der Waals surface area contributed by atoms with Gasteiger partial charge in [0.2, 0.25) is 5.91 Å². The second-order valence-corrected chi connectivity index (χ2v) is 2.92. The molecule has 1 rings (SSSR count). The quantitative estimate of drug-likeness (QED) is 0.695. The Morgan fingerprint density at radius 2 is 2.14 bits per heavy atom. The maximum absolute atomic E-state index is 11.4. The van der Waals surface area contributed by atoms with E-state index in [0.717, 1.165) is 5.56 Å². The van der Waals surface area contributed by atoms with Gasteiger partial charge in [-0.25, -0.2) is 0 Å². The molecule has 0 radical (unpaired) electrons. The van der Waals surface area contributed by atoms with E-state index >= 15 is 0 Å². The fraction of sp³-hybridized carbons (Fsp3) is 0.182. The molecule has 0 bridgehead atoms. The average Bonchev–Trinajstić information content (AvgIpc) is 2.26. The van der Waals surface area contributed by atoms with Gasteiger partial charge in [-0.3, -0.25) is 4.79 Å². The normalized spacial score (nSPS) is 11.8. The molecular weight excluding hydrogens is 176 g/mol. The molecule has 0 aliphatic heterocycles. The molecule has 0 spiro atoms. The largest absolute Gasteiger partial charge is 0.351 e. The van der Waals surface area contributed by atoms with Gasteiger partial charge in [0, 0.05) is 6.54 Å². The molecule has 3 nitrogen and oxygen atoms in total. The standard InChI is InChI=1S/C11H14N2O/c1-2-8-13-11(14)10(12)9-6-4-3-5-7-9/h2-7,10H,1,8,12H2,(H,13,14)/t10-/m0/s1. The van der Waals surface area contributed by atoms with Gasteiger partial charge in [0.05, 0.1) is 0 Å². The third-order valence-corrected chi connectivity index (χ3v) is 1.86. The summed E-state index contributed by atoms with van der Waals surface area (Å²) in [5.41, 5.74) is 6.55. The van der Waals surface area contributed by atoms with Gasteiger partial charge in [0.15, 0.2) is 0 Å². The van der Waals surface area contributed by atoms with Crippen molar-refractivity contribution in [2.75, 3.05) is 6.54 Å². The molecular formula is C11H14N2O. The monoisotopic (exact) mass is 190 g/mol. The first-order valence-electron chi connectivity index (χ1n) is 4.45. The van der Waals surface area contributed by atoms with Crippen LogP contribution in [0.25, 0.3) is 0 Å². The van der Waals surface area contributed by atoms with Crippen molar-refractivity contribution in [3.63, 3.8) is 0 Å². The van der Waals surface area contributed by atoms with E-state index in [1.54, 1.807) is 6.08 Å². The fourth-order valence-electron chi connectivity index (χ4n) is 1.09. The van der Waals surface area contributed by atoms with Crippen LogP contribution in [0.2, 0.25) is 0 Å². The third kappa shape index (κ3) is 2.71. The van der Waals surface area contributed by atoms with Crippen molar-refractivity contribution in [1.29, 1.82) is 0 Å². The Kier molecular flexibility index (Phi) is 3.88. The Balaban J connectivity index is 2.61. The molecule has 1 aromatic carbocycles. The Labute approximate surface area is 83.6 Å². The minimum atomic E-state index is -0.601. The molecule has 14 heavy (non-hydrogen) atoms. The van der Waals surface area contributed by atoms with Crippen LogP contribution in [0.1, 0.15) is 11.6 Å². The molecule has 3 N–H and O–H groups in total. The average molecular weight is 190 g/mol. The van der Waals surface area contributed by atoms with Crippen molar-refractivity contribution in [1.82, 2.24) is 5.32 Å². The summed E-state index contributed by atoms with van der Waals surface area (Å²) in [4.78, 5) is 11.4. The van der Waals surface area contributed by atoms with Crippen LogP contribution < -0.4 is 11.1 Å².